The SMILES string of the molecule is COc1cc(CC(=O)NC2CCNC2)cc(OC)c1OC.Cl. The highest BCUT2D eigenvalue weighted by atomic mass is 35.5. The second kappa shape index (κ2) is 8.70. The number of benzene rings is 1. The van der Waals surface area contributed by atoms with E-state index in [1.807, 2.05) is 0 Å². The first-order valence-electron chi connectivity index (χ1n) is 6.97. The van der Waals surface area contributed by atoms with Crippen molar-refractivity contribution in [3.63, 3.8) is 0 Å². The van der Waals surface area contributed by atoms with Crippen LogP contribution in [0.1, 0.15) is 12.0 Å². The molecule has 1 aromatic carbocycles. The van der Waals surface area contributed by atoms with Crippen LogP contribution in [0.15, 0.2) is 12.1 Å². The third kappa shape index (κ3) is 4.42. The van der Waals surface area contributed by atoms with E-state index in [4.69, 9.17) is 14.2 Å². The molecule has 0 bridgehead atoms. The van der Waals surface area contributed by atoms with Gasteiger partial charge in [-0.1, -0.05) is 0 Å². The van der Waals surface area contributed by atoms with Crippen LogP contribution in [0, 0.1) is 0 Å². The Morgan fingerprint density at radius 2 is 1.86 bits per heavy atom. The van der Waals surface area contributed by atoms with Gasteiger partial charge >= 0.3 is 0 Å². The Balaban J connectivity index is 0.00000242. The molecular formula is C15H23ClN2O4. The van der Waals surface area contributed by atoms with Gasteiger partial charge in [-0.3, -0.25) is 4.79 Å². The average molecular weight is 331 g/mol. The topological polar surface area (TPSA) is 68.8 Å². The van der Waals surface area contributed by atoms with Crippen molar-refractivity contribution in [2.75, 3.05) is 34.4 Å². The number of rotatable bonds is 6. The lowest BCUT2D eigenvalue weighted by Crippen LogP contribution is -2.37. The largest absolute Gasteiger partial charge is 0.493 e. The maximum atomic E-state index is 12.1. The standard InChI is InChI=1S/C15H22N2O4.ClH/c1-19-12-6-10(7-13(20-2)15(12)21-3)8-14(18)17-11-4-5-16-9-11;/h6-7,11,16H,4-5,8-9H2,1-3H3,(H,17,18);1H. The minimum absolute atomic E-state index is 0. The number of carbonyl (C=O) groups excluding carboxylic acids is 1. The van der Waals surface area contributed by atoms with E-state index in [9.17, 15) is 4.79 Å². The van der Waals surface area contributed by atoms with Crippen LogP contribution < -0.4 is 24.8 Å². The van der Waals surface area contributed by atoms with Gasteiger partial charge in [-0.15, -0.1) is 12.4 Å². The van der Waals surface area contributed by atoms with Crippen LogP contribution in [0.4, 0.5) is 0 Å². The summed E-state index contributed by atoms with van der Waals surface area (Å²) in [5.41, 5.74) is 0.827. The Labute approximate surface area is 136 Å². The van der Waals surface area contributed by atoms with Crippen molar-refractivity contribution in [3.8, 4) is 17.2 Å². The number of hydrogen-bond donors (Lipinski definition) is 2. The molecule has 1 aliphatic heterocycles. The molecule has 1 atom stereocenters. The lowest BCUT2D eigenvalue weighted by Gasteiger charge is -2.15. The zero-order valence-electron chi connectivity index (χ0n) is 13.1. The van der Waals surface area contributed by atoms with Crippen LogP contribution in [0.3, 0.4) is 0 Å². The highest BCUT2D eigenvalue weighted by Crippen LogP contribution is 2.38. The summed E-state index contributed by atoms with van der Waals surface area (Å²) in [6.07, 6.45) is 1.26. The normalized spacial score (nSPS) is 16.6. The van der Waals surface area contributed by atoms with Crippen molar-refractivity contribution >= 4 is 18.3 Å². The minimum atomic E-state index is -0.00188. The van der Waals surface area contributed by atoms with E-state index >= 15 is 0 Å². The summed E-state index contributed by atoms with van der Waals surface area (Å²) in [6, 6.07) is 3.82. The average Bonchev–Trinajstić information content (AvgIpc) is 2.98. The second-order valence-corrected chi connectivity index (χ2v) is 4.97. The smallest absolute Gasteiger partial charge is 0.224 e. The fraction of sp³-hybridized carbons (Fsp3) is 0.533. The summed E-state index contributed by atoms with van der Waals surface area (Å²) in [4.78, 5) is 12.1. The fourth-order valence-corrected chi connectivity index (χ4v) is 2.48. The first kappa shape index (κ1) is 18.4. The summed E-state index contributed by atoms with van der Waals surface area (Å²) in [5, 5.41) is 6.24. The van der Waals surface area contributed by atoms with Crippen molar-refractivity contribution in [1.82, 2.24) is 10.6 Å². The highest BCUT2D eigenvalue weighted by molar-refractivity contribution is 5.85. The molecule has 2 rings (SSSR count). The number of halogens is 1. The molecule has 1 saturated heterocycles. The minimum Gasteiger partial charge on any atom is -0.493 e. The molecule has 6 nitrogen and oxygen atoms in total. The molecule has 1 unspecified atom stereocenters. The van der Waals surface area contributed by atoms with Crippen molar-refractivity contribution < 1.29 is 19.0 Å². The van der Waals surface area contributed by atoms with Crippen LogP contribution in [0.5, 0.6) is 17.2 Å². The lowest BCUT2D eigenvalue weighted by atomic mass is 10.1. The first-order valence-corrected chi connectivity index (χ1v) is 6.97. The van der Waals surface area contributed by atoms with Crippen molar-refractivity contribution in [3.05, 3.63) is 17.7 Å². The van der Waals surface area contributed by atoms with E-state index in [0.29, 0.717) is 17.2 Å². The van der Waals surface area contributed by atoms with E-state index in [-0.39, 0.29) is 30.8 Å². The number of nitrogens with one attached hydrogen (secondary N) is 2. The van der Waals surface area contributed by atoms with Gasteiger partial charge in [0, 0.05) is 12.6 Å². The molecule has 7 heteroatoms. The summed E-state index contributed by atoms with van der Waals surface area (Å²) in [5.74, 6) is 1.64. The van der Waals surface area contributed by atoms with Gasteiger partial charge in [0.2, 0.25) is 11.7 Å². The molecule has 1 fully saturated rings. The van der Waals surface area contributed by atoms with E-state index in [1.54, 1.807) is 33.5 Å². The van der Waals surface area contributed by atoms with Gasteiger partial charge in [0.15, 0.2) is 11.5 Å². The van der Waals surface area contributed by atoms with Gasteiger partial charge in [0.1, 0.15) is 0 Å². The van der Waals surface area contributed by atoms with Crippen LogP contribution in [-0.4, -0.2) is 46.4 Å². The number of carbonyl (C=O) groups is 1. The van der Waals surface area contributed by atoms with Gasteiger partial charge < -0.3 is 24.8 Å². The Morgan fingerprint density at radius 3 is 2.32 bits per heavy atom. The van der Waals surface area contributed by atoms with Gasteiger partial charge in [-0.25, -0.2) is 0 Å². The predicted molar refractivity (Wildman–Crippen MR) is 86.5 cm³/mol. The molecule has 22 heavy (non-hydrogen) atoms. The summed E-state index contributed by atoms with van der Waals surface area (Å²) >= 11 is 0. The Hall–Kier alpha value is -1.66. The van der Waals surface area contributed by atoms with E-state index < -0.39 is 0 Å². The van der Waals surface area contributed by atoms with Gasteiger partial charge in [-0.05, 0) is 30.7 Å². The number of amides is 1. The van der Waals surface area contributed by atoms with Gasteiger partial charge in [0.25, 0.3) is 0 Å². The van der Waals surface area contributed by atoms with Gasteiger partial charge in [0.05, 0.1) is 27.8 Å². The van der Waals surface area contributed by atoms with Crippen molar-refractivity contribution in [1.29, 1.82) is 0 Å². The highest BCUT2D eigenvalue weighted by Gasteiger charge is 2.18. The van der Waals surface area contributed by atoms with E-state index in [0.717, 1.165) is 25.1 Å². The Kier molecular flexibility index (Phi) is 7.27. The molecule has 0 aromatic heterocycles. The van der Waals surface area contributed by atoms with E-state index in [2.05, 4.69) is 10.6 Å². The Bertz CT molecular complexity index is 479. The zero-order valence-corrected chi connectivity index (χ0v) is 13.9. The molecule has 124 valence electrons. The number of ether oxygens (including phenoxy) is 3. The molecule has 0 saturated carbocycles. The predicted octanol–water partition coefficient (Wildman–Crippen LogP) is 1.15. The summed E-state index contributed by atoms with van der Waals surface area (Å²) in [6.45, 7) is 1.79. The molecule has 1 aromatic rings. The monoisotopic (exact) mass is 330 g/mol. The quantitative estimate of drug-likeness (QED) is 0.819. The van der Waals surface area contributed by atoms with E-state index in [1.165, 1.54) is 0 Å². The fourth-order valence-electron chi connectivity index (χ4n) is 2.48. The maximum Gasteiger partial charge on any atom is 0.224 e. The Morgan fingerprint density at radius 1 is 1.23 bits per heavy atom. The molecule has 0 aliphatic carbocycles. The third-order valence-electron chi connectivity index (χ3n) is 3.51. The second-order valence-electron chi connectivity index (χ2n) is 4.97. The van der Waals surface area contributed by atoms with Gasteiger partial charge in [-0.2, -0.15) is 0 Å². The van der Waals surface area contributed by atoms with Crippen LogP contribution in [0.25, 0.3) is 0 Å². The maximum absolute atomic E-state index is 12.1. The first-order chi connectivity index (χ1) is 10.2. The molecule has 0 radical (unpaired) electrons. The molecule has 1 amide bonds. The summed E-state index contributed by atoms with van der Waals surface area (Å²) < 4.78 is 15.8. The van der Waals surface area contributed by atoms with Crippen LogP contribution in [0.2, 0.25) is 0 Å². The number of methoxy groups -OCH3 is 3. The summed E-state index contributed by atoms with van der Waals surface area (Å²) in [7, 11) is 4.68. The van der Waals surface area contributed by atoms with Crippen molar-refractivity contribution in [2.45, 2.75) is 18.9 Å². The van der Waals surface area contributed by atoms with Crippen LogP contribution in [-0.2, 0) is 11.2 Å². The van der Waals surface area contributed by atoms with Crippen molar-refractivity contribution in [2.24, 2.45) is 0 Å². The molecule has 1 aliphatic rings. The molecule has 0 spiro atoms. The third-order valence-corrected chi connectivity index (χ3v) is 3.51. The molecular weight excluding hydrogens is 308 g/mol. The lowest BCUT2D eigenvalue weighted by molar-refractivity contribution is -0.121. The molecule has 2 N–H and O–H groups in total. The zero-order chi connectivity index (χ0) is 15.2. The molecule has 1 heterocycles. The number of hydrogen-bond acceptors (Lipinski definition) is 5. The van der Waals surface area contributed by atoms with Crippen LogP contribution >= 0.6 is 12.4 Å².